The third-order valence-electron chi connectivity index (χ3n) is 4.14. The molecule has 110 valence electrons. The van der Waals surface area contributed by atoms with Crippen molar-refractivity contribution in [2.45, 2.75) is 52.4 Å². The summed E-state index contributed by atoms with van der Waals surface area (Å²) in [5, 5.41) is 2.88. The molecule has 0 fully saturated rings. The first-order valence-electron chi connectivity index (χ1n) is 7.65. The zero-order valence-electron chi connectivity index (χ0n) is 13.9. The predicted molar refractivity (Wildman–Crippen MR) is 96.7 cm³/mol. The second-order valence-corrected chi connectivity index (χ2v) is 9.02. The van der Waals surface area contributed by atoms with E-state index in [0.717, 1.165) is 0 Å². The molecule has 0 aliphatic rings. The van der Waals surface area contributed by atoms with Crippen molar-refractivity contribution in [1.29, 1.82) is 0 Å². The Morgan fingerprint density at radius 1 is 0.714 bits per heavy atom. The van der Waals surface area contributed by atoms with Crippen molar-refractivity contribution < 1.29 is 0 Å². The highest BCUT2D eigenvalue weighted by Gasteiger charge is 2.25. The molecule has 3 aromatic rings. The second-order valence-electron chi connectivity index (χ2n) is 7.96. The molecule has 3 rings (SSSR count). The lowest BCUT2D eigenvalue weighted by Gasteiger charge is -2.25. The van der Waals surface area contributed by atoms with Gasteiger partial charge in [0.25, 0.3) is 0 Å². The second kappa shape index (κ2) is 4.58. The van der Waals surface area contributed by atoms with Crippen LogP contribution in [0.3, 0.4) is 0 Å². The van der Waals surface area contributed by atoms with Gasteiger partial charge in [-0.1, -0.05) is 71.9 Å². The van der Waals surface area contributed by atoms with Crippen LogP contribution in [0.2, 0.25) is 0 Å². The van der Waals surface area contributed by atoms with Gasteiger partial charge in [0.2, 0.25) is 0 Å². The van der Waals surface area contributed by atoms with Gasteiger partial charge in [-0.2, -0.15) is 0 Å². The fourth-order valence-corrected chi connectivity index (χ4v) is 4.50. The van der Waals surface area contributed by atoms with E-state index < -0.39 is 0 Å². The third kappa shape index (κ3) is 2.38. The number of fused-ring (bicyclic) bond motifs is 3. The SMILES string of the molecule is CC(C)(C)c1ccc(C(C)(C)C)c2c1sc1ccccc12. The van der Waals surface area contributed by atoms with Crippen LogP contribution in [0.5, 0.6) is 0 Å². The number of hydrogen-bond acceptors (Lipinski definition) is 1. The Kier molecular flexibility index (Phi) is 3.18. The van der Waals surface area contributed by atoms with Crippen molar-refractivity contribution in [3.8, 4) is 0 Å². The Morgan fingerprint density at radius 2 is 1.29 bits per heavy atom. The molecule has 0 spiro atoms. The van der Waals surface area contributed by atoms with Gasteiger partial charge in [-0.15, -0.1) is 11.3 Å². The van der Waals surface area contributed by atoms with Gasteiger partial charge in [0, 0.05) is 20.2 Å². The van der Waals surface area contributed by atoms with E-state index >= 15 is 0 Å². The lowest BCUT2D eigenvalue weighted by molar-refractivity contribution is 0.586. The minimum absolute atomic E-state index is 0.165. The average Bonchev–Trinajstić information content (AvgIpc) is 2.74. The zero-order valence-corrected chi connectivity index (χ0v) is 14.7. The van der Waals surface area contributed by atoms with E-state index in [-0.39, 0.29) is 10.8 Å². The van der Waals surface area contributed by atoms with Crippen LogP contribution in [-0.2, 0) is 10.8 Å². The fraction of sp³-hybridized carbons (Fsp3) is 0.400. The molecule has 0 saturated carbocycles. The molecule has 1 heterocycles. The highest BCUT2D eigenvalue weighted by atomic mass is 32.1. The van der Waals surface area contributed by atoms with Crippen LogP contribution in [0.4, 0.5) is 0 Å². The van der Waals surface area contributed by atoms with Crippen molar-refractivity contribution in [3.63, 3.8) is 0 Å². The normalized spacial score (nSPS) is 13.2. The molecule has 1 heteroatoms. The molecule has 21 heavy (non-hydrogen) atoms. The van der Waals surface area contributed by atoms with Crippen LogP contribution in [0.15, 0.2) is 36.4 Å². The van der Waals surface area contributed by atoms with E-state index in [2.05, 4.69) is 77.9 Å². The van der Waals surface area contributed by atoms with Crippen molar-refractivity contribution >= 4 is 31.5 Å². The highest BCUT2D eigenvalue weighted by Crippen LogP contribution is 2.44. The van der Waals surface area contributed by atoms with E-state index in [4.69, 9.17) is 0 Å². The minimum Gasteiger partial charge on any atom is -0.135 e. The van der Waals surface area contributed by atoms with Crippen LogP contribution >= 0.6 is 11.3 Å². The minimum atomic E-state index is 0.165. The molecular weight excluding hydrogens is 272 g/mol. The Balaban J connectivity index is 2.53. The van der Waals surface area contributed by atoms with Crippen molar-refractivity contribution in [2.75, 3.05) is 0 Å². The first kappa shape index (κ1) is 14.6. The van der Waals surface area contributed by atoms with Gasteiger partial charge >= 0.3 is 0 Å². The Hall–Kier alpha value is -1.34. The van der Waals surface area contributed by atoms with Crippen molar-refractivity contribution in [1.82, 2.24) is 0 Å². The Bertz CT molecular complexity index is 807. The van der Waals surface area contributed by atoms with E-state index in [0.29, 0.717) is 0 Å². The molecule has 0 amide bonds. The van der Waals surface area contributed by atoms with Gasteiger partial charge in [-0.05, 0) is 28.0 Å². The maximum absolute atomic E-state index is 2.35. The van der Waals surface area contributed by atoms with Gasteiger partial charge in [-0.3, -0.25) is 0 Å². The van der Waals surface area contributed by atoms with Gasteiger partial charge in [0.05, 0.1) is 0 Å². The molecule has 0 radical (unpaired) electrons. The smallest absolute Gasteiger partial charge is 0.0395 e. The van der Waals surface area contributed by atoms with E-state index in [1.165, 1.54) is 31.3 Å². The van der Waals surface area contributed by atoms with Crippen LogP contribution in [0.25, 0.3) is 20.2 Å². The monoisotopic (exact) mass is 296 g/mol. The summed E-state index contributed by atoms with van der Waals surface area (Å²) in [5.74, 6) is 0. The van der Waals surface area contributed by atoms with E-state index in [9.17, 15) is 0 Å². The lowest BCUT2D eigenvalue weighted by atomic mass is 9.80. The summed E-state index contributed by atoms with van der Waals surface area (Å²) < 4.78 is 2.87. The molecule has 0 atom stereocenters. The predicted octanol–water partition coefficient (Wildman–Crippen LogP) is 6.65. The standard InChI is InChI=1S/C20H24S/c1-19(2,3)14-11-12-15(20(4,5)6)18-17(14)13-9-7-8-10-16(13)21-18/h7-12H,1-6H3. The van der Waals surface area contributed by atoms with Crippen molar-refractivity contribution in [2.24, 2.45) is 0 Å². The molecule has 0 bridgehead atoms. The molecule has 0 saturated heterocycles. The van der Waals surface area contributed by atoms with Crippen molar-refractivity contribution in [3.05, 3.63) is 47.5 Å². The summed E-state index contributed by atoms with van der Waals surface area (Å²) in [6, 6.07) is 13.5. The maximum Gasteiger partial charge on any atom is 0.0395 e. The Labute approximate surface area is 131 Å². The summed E-state index contributed by atoms with van der Waals surface area (Å²) in [7, 11) is 0. The Morgan fingerprint density at radius 3 is 1.90 bits per heavy atom. The summed E-state index contributed by atoms with van der Waals surface area (Å²) in [6.45, 7) is 13.9. The molecule has 0 nitrogen and oxygen atoms in total. The van der Waals surface area contributed by atoms with Gasteiger partial charge in [-0.25, -0.2) is 0 Å². The van der Waals surface area contributed by atoms with Crippen LogP contribution in [-0.4, -0.2) is 0 Å². The molecule has 0 unspecified atom stereocenters. The summed E-state index contributed by atoms with van der Waals surface area (Å²) in [4.78, 5) is 0. The first-order valence-corrected chi connectivity index (χ1v) is 8.46. The van der Waals surface area contributed by atoms with Crippen LogP contribution in [0.1, 0.15) is 52.7 Å². The number of rotatable bonds is 0. The number of thiophene rings is 1. The van der Waals surface area contributed by atoms with E-state index in [1.807, 2.05) is 11.3 Å². The summed E-state index contributed by atoms with van der Waals surface area (Å²) in [5.41, 5.74) is 3.27. The molecular formula is C20H24S. The van der Waals surface area contributed by atoms with E-state index in [1.54, 1.807) is 0 Å². The van der Waals surface area contributed by atoms with Gasteiger partial charge < -0.3 is 0 Å². The zero-order chi connectivity index (χ0) is 15.4. The summed E-state index contributed by atoms with van der Waals surface area (Å²) in [6.07, 6.45) is 0. The molecule has 0 aliphatic carbocycles. The molecule has 0 aliphatic heterocycles. The lowest BCUT2D eigenvalue weighted by Crippen LogP contribution is -2.15. The van der Waals surface area contributed by atoms with Gasteiger partial charge in [0.15, 0.2) is 0 Å². The highest BCUT2D eigenvalue weighted by molar-refractivity contribution is 7.26. The number of hydrogen-bond donors (Lipinski definition) is 0. The van der Waals surface area contributed by atoms with Crippen LogP contribution in [0, 0.1) is 0 Å². The first-order chi connectivity index (χ1) is 9.69. The summed E-state index contributed by atoms with van der Waals surface area (Å²) >= 11 is 1.95. The van der Waals surface area contributed by atoms with Gasteiger partial charge in [0.1, 0.15) is 0 Å². The maximum atomic E-state index is 2.35. The largest absolute Gasteiger partial charge is 0.135 e. The third-order valence-corrected chi connectivity index (χ3v) is 5.35. The molecule has 0 N–H and O–H groups in total. The average molecular weight is 296 g/mol. The van der Waals surface area contributed by atoms with Crippen LogP contribution < -0.4 is 0 Å². The quantitative estimate of drug-likeness (QED) is 0.435. The topological polar surface area (TPSA) is 0 Å². The fourth-order valence-electron chi connectivity index (χ4n) is 3.04. The molecule has 1 aromatic heterocycles. The number of benzene rings is 2. The molecule has 2 aromatic carbocycles.